The summed E-state index contributed by atoms with van der Waals surface area (Å²) in [6.45, 7) is 9.43. The molecule has 0 aliphatic carbocycles. The molecule has 0 aliphatic rings. The van der Waals surface area contributed by atoms with Crippen LogP contribution in [0.3, 0.4) is 0 Å². The summed E-state index contributed by atoms with van der Waals surface area (Å²) < 4.78 is 2.65. The van der Waals surface area contributed by atoms with Gasteiger partial charge in [-0.25, -0.2) is 9.55 Å². The molecule has 0 aliphatic heterocycles. The Balaban J connectivity index is 2.34. The van der Waals surface area contributed by atoms with Crippen LogP contribution in [-0.2, 0) is 0 Å². The first-order chi connectivity index (χ1) is 23.2. The van der Waals surface area contributed by atoms with Crippen molar-refractivity contribution < 1.29 is 4.57 Å². The van der Waals surface area contributed by atoms with Gasteiger partial charge in [-0.1, -0.05) is 226 Å². The predicted molar refractivity (Wildman–Crippen MR) is 212 cm³/mol. The molecule has 0 spiro atoms. The van der Waals surface area contributed by atoms with Crippen molar-refractivity contribution in [1.82, 2.24) is 4.98 Å². The summed E-state index contributed by atoms with van der Waals surface area (Å²) in [5.41, 5.74) is 0. The molecule has 2 nitrogen and oxygen atoms in total. The average molecular weight is 658 g/mol. The van der Waals surface area contributed by atoms with E-state index in [4.69, 9.17) is 0 Å². The van der Waals surface area contributed by atoms with Crippen molar-refractivity contribution in [2.45, 2.75) is 271 Å². The Hall–Kier alpha value is -0.790. The quantitative estimate of drug-likeness (QED) is 0.0539. The van der Waals surface area contributed by atoms with E-state index >= 15 is 0 Å². The number of rotatable bonds is 38. The standard InChI is InChI=1S/C45H88N2/c1-5-8-11-14-17-20-21-22-23-24-25-26-28-31-34-37-40-44(39-36-33-30-19-16-13-10-7-3)45-46-41-42-47(45)43(4)38-35-32-29-27-18-15-12-9-6-2/h41-44H,5-40H2,1-4H3/p+1. The van der Waals surface area contributed by atoms with Gasteiger partial charge in [-0.2, -0.15) is 0 Å². The third-order valence-electron chi connectivity index (χ3n) is 11.1. The van der Waals surface area contributed by atoms with Gasteiger partial charge in [0.1, 0.15) is 12.4 Å². The van der Waals surface area contributed by atoms with Crippen LogP contribution < -0.4 is 4.57 Å². The summed E-state index contributed by atoms with van der Waals surface area (Å²) in [6.07, 6.45) is 56.1. The molecule has 2 unspecified atom stereocenters. The number of aromatic amines is 1. The normalized spacial score (nSPS) is 13.0. The number of hydrogen-bond acceptors (Lipinski definition) is 0. The van der Waals surface area contributed by atoms with Crippen LogP contribution in [-0.4, -0.2) is 4.98 Å². The Morgan fingerprint density at radius 2 is 0.681 bits per heavy atom. The fourth-order valence-electron chi connectivity index (χ4n) is 7.84. The average Bonchev–Trinajstić information content (AvgIpc) is 3.57. The molecular weight excluding hydrogens is 569 g/mol. The third kappa shape index (κ3) is 26.7. The number of H-pyrrole nitrogens is 1. The zero-order valence-corrected chi connectivity index (χ0v) is 33.2. The number of unbranched alkanes of at least 4 members (excludes halogenated alkanes) is 30. The molecule has 1 aromatic heterocycles. The van der Waals surface area contributed by atoms with E-state index in [1.807, 2.05) is 0 Å². The molecule has 1 heterocycles. The highest BCUT2D eigenvalue weighted by Crippen LogP contribution is 2.27. The van der Waals surface area contributed by atoms with E-state index in [9.17, 15) is 0 Å². The highest BCUT2D eigenvalue weighted by Gasteiger charge is 2.25. The Kier molecular flexibility index (Phi) is 33.0. The molecule has 47 heavy (non-hydrogen) atoms. The van der Waals surface area contributed by atoms with Crippen LogP contribution in [0.15, 0.2) is 12.4 Å². The van der Waals surface area contributed by atoms with Crippen LogP contribution in [0.1, 0.15) is 277 Å². The van der Waals surface area contributed by atoms with Gasteiger partial charge in [0.2, 0.25) is 0 Å². The number of nitrogens with zero attached hydrogens (tertiary/aromatic N) is 1. The number of imidazole rings is 1. The van der Waals surface area contributed by atoms with Gasteiger partial charge in [0.25, 0.3) is 5.82 Å². The van der Waals surface area contributed by atoms with Gasteiger partial charge >= 0.3 is 0 Å². The van der Waals surface area contributed by atoms with Crippen LogP contribution in [0.2, 0.25) is 0 Å². The van der Waals surface area contributed by atoms with E-state index in [0.29, 0.717) is 12.0 Å². The monoisotopic (exact) mass is 658 g/mol. The lowest BCUT2D eigenvalue weighted by Crippen LogP contribution is -2.41. The lowest BCUT2D eigenvalue weighted by Gasteiger charge is -2.17. The lowest BCUT2D eigenvalue weighted by molar-refractivity contribution is -0.727. The highest BCUT2D eigenvalue weighted by atomic mass is 15.1. The SMILES string of the molecule is CCCCCCCCCCCCCCCCCCC(CCCCCCCCCC)c1[nH]cc[n+]1C(C)CCCCCCCCCCC. The molecule has 1 rings (SSSR count). The summed E-state index contributed by atoms with van der Waals surface area (Å²) in [7, 11) is 0. The molecule has 1 aromatic rings. The zero-order valence-electron chi connectivity index (χ0n) is 33.2. The fourth-order valence-corrected chi connectivity index (χ4v) is 7.84. The Morgan fingerprint density at radius 1 is 0.404 bits per heavy atom. The highest BCUT2D eigenvalue weighted by molar-refractivity contribution is 4.90. The van der Waals surface area contributed by atoms with Gasteiger partial charge in [0.05, 0.1) is 12.0 Å². The molecule has 2 heteroatoms. The van der Waals surface area contributed by atoms with Crippen LogP contribution in [0.5, 0.6) is 0 Å². The topological polar surface area (TPSA) is 19.7 Å². The first kappa shape index (κ1) is 44.2. The van der Waals surface area contributed by atoms with E-state index in [1.54, 1.807) is 0 Å². The molecule has 0 saturated heterocycles. The van der Waals surface area contributed by atoms with Crippen molar-refractivity contribution in [3.8, 4) is 0 Å². The smallest absolute Gasteiger partial charge is 0.247 e. The molecule has 1 N–H and O–H groups in total. The first-order valence-electron chi connectivity index (χ1n) is 22.3. The van der Waals surface area contributed by atoms with Gasteiger partial charge in [-0.15, -0.1) is 0 Å². The van der Waals surface area contributed by atoms with E-state index in [2.05, 4.69) is 49.6 Å². The van der Waals surface area contributed by atoms with Gasteiger partial charge < -0.3 is 0 Å². The minimum Gasteiger partial charge on any atom is -0.247 e. The van der Waals surface area contributed by atoms with Crippen LogP contribution >= 0.6 is 0 Å². The number of hydrogen-bond donors (Lipinski definition) is 1. The molecular formula is C45H89N2+. The van der Waals surface area contributed by atoms with Gasteiger partial charge in [0.15, 0.2) is 0 Å². The molecule has 0 bridgehead atoms. The van der Waals surface area contributed by atoms with Gasteiger partial charge in [-0.3, -0.25) is 0 Å². The zero-order chi connectivity index (χ0) is 33.9. The Morgan fingerprint density at radius 3 is 1.00 bits per heavy atom. The van der Waals surface area contributed by atoms with E-state index < -0.39 is 0 Å². The number of nitrogens with one attached hydrogen (secondary N) is 1. The molecule has 0 fully saturated rings. The van der Waals surface area contributed by atoms with Crippen LogP contribution in [0, 0.1) is 0 Å². The van der Waals surface area contributed by atoms with E-state index in [1.165, 1.54) is 237 Å². The lowest BCUT2D eigenvalue weighted by atomic mass is 9.92. The number of aromatic nitrogens is 2. The largest absolute Gasteiger partial charge is 0.257 e. The maximum absolute atomic E-state index is 3.76. The maximum Gasteiger partial charge on any atom is 0.257 e. The fraction of sp³-hybridized carbons (Fsp3) is 0.933. The molecule has 278 valence electrons. The van der Waals surface area contributed by atoms with Crippen molar-refractivity contribution in [2.24, 2.45) is 0 Å². The molecule has 2 atom stereocenters. The van der Waals surface area contributed by atoms with Crippen molar-refractivity contribution in [2.75, 3.05) is 0 Å². The van der Waals surface area contributed by atoms with Gasteiger partial charge in [-0.05, 0) is 32.6 Å². The Labute approximate surface area is 297 Å². The third-order valence-corrected chi connectivity index (χ3v) is 11.1. The van der Waals surface area contributed by atoms with Crippen molar-refractivity contribution in [3.05, 3.63) is 18.2 Å². The predicted octanol–water partition coefficient (Wildman–Crippen LogP) is 16.1. The van der Waals surface area contributed by atoms with Gasteiger partial charge in [0, 0.05) is 0 Å². The minimum atomic E-state index is 0.618. The van der Waals surface area contributed by atoms with Crippen LogP contribution in [0.4, 0.5) is 0 Å². The molecule has 0 amide bonds. The molecule has 0 aromatic carbocycles. The van der Waals surface area contributed by atoms with Crippen molar-refractivity contribution >= 4 is 0 Å². The molecule has 0 saturated carbocycles. The second-order valence-corrected chi connectivity index (χ2v) is 15.8. The summed E-state index contributed by atoms with van der Waals surface area (Å²) >= 11 is 0. The Bertz CT molecular complexity index is 723. The maximum atomic E-state index is 3.76. The van der Waals surface area contributed by atoms with Crippen molar-refractivity contribution in [1.29, 1.82) is 0 Å². The first-order valence-corrected chi connectivity index (χ1v) is 22.3. The summed E-state index contributed by atoms with van der Waals surface area (Å²) in [4.78, 5) is 3.76. The van der Waals surface area contributed by atoms with E-state index in [0.717, 1.165) is 0 Å². The second kappa shape index (κ2) is 35.1. The second-order valence-electron chi connectivity index (χ2n) is 15.8. The van der Waals surface area contributed by atoms with Crippen molar-refractivity contribution in [3.63, 3.8) is 0 Å². The summed E-state index contributed by atoms with van der Waals surface area (Å²) in [5, 5.41) is 0. The summed E-state index contributed by atoms with van der Waals surface area (Å²) in [6, 6.07) is 0.618. The van der Waals surface area contributed by atoms with Crippen LogP contribution in [0.25, 0.3) is 0 Å². The summed E-state index contributed by atoms with van der Waals surface area (Å²) in [5.74, 6) is 2.25. The minimum absolute atomic E-state index is 0.618. The molecule has 0 radical (unpaired) electrons. The van der Waals surface area contributed by atoms with E-state index in [-0.39, 0.29) is 0 Å².